The highest BCUT2D eigenvalue weighted by Crippen LogP contribution is 2.19. The van der Waals surface area contributed by atoms with Crippen LogP contribution in [0.3, 0.4) is 0 Å². The highest BCUT2D eigenvalue weighted by atomic mass is 16.5. The number of likely N-dealkylation sites (N-methyl/N-ethyl adjacent to an activating group) is 1. The number of hydrogen-bond donors (Lipinski definition) is 4. The van der Waals surface area contributed by atoms with E-state index in [2.05, 4.69) is 20.4 Å². The quantitative estimate of drug-likeness (QED) is 0.123. The van der Waals surface area contributed by atoms with Gasteiger partial charge in [-0.15, -0.1) is 0 Å². The Kier molecular flexibility index (Phi) is 11.7. The highest BCUT2D eigenvalue weighted by Gasteiger charge is 2.29. The number of ether oxygens (including phenoxy) is 1. The van der Waals surface area contributed by atoms with Crippen LogP contribution in [0.2, 0.25) is 0 Å². The molecule has 0 unspecified atom stereocenters. The van der Waals surface area contributed by atoms with Gasteiger partial charge >= 0.3 is 12.2 Å². The van der Waals surface area contributed by atoms with Crippen molar-refractivity contribution in [2.75, 3.05) is 19.6 Å². The molecule has 200 valence electrons. The average molecular weight is 514 g/mol. The lowest BCUT2D eigenvalue weighted by Gasteiger charge is -2.24. The van der Waals surface area contributed by atoms with Crippen molar-refractivity contribution in [1.29, 1.82) is 5.53 Å². The fraction of sp³-hybridized carbons (Fsp3) is 0.500. The van der Waals surface area contributed by atoms with Gasteiger partial charge in [0.15, 0.2) is 0 Å². The number of carbonyl (C=O) groups excluding carboxylic acids is 4. The number of nitrogens with zero attached hydrogens (tertiary/aromatic N) is 2. The number of ketones is 1. The Hall–Kier alpha value is -3.82. The first-order valence-corrected chi connectivity index (χ1v) is 12.5. The molecule has 11 heteroatoms. The topological polar surface area (TPSA) is 159 Å². The van der Waals surface area contributed by atoms with Gasteiger partial charge in [0.2, 0.25) is 17.6 Å². The maximum atomic E-state index is 13.4. The van der Waals surface area contributed by atoms with Crippen LogP contribution in [0.4, 0.5) is 0 Å². The molecule has 37 heavy (non-hydrogen) atoms. The van der Waals surface area contributed by atoms with Gasteiger partial charge in [-0.2, -0.15) is 0 Å². The Morgan fingerprint density at radius 2 is 1.81 bits per heavy atom. The lowest BCUT2D eigenvalue weighted by atomic mass is 10.0. The van der Waals surface area contributed by atoms with Crippen LogP contribution in [0.25, 0.3) is 10.9 Å². The highest BCUT2D eigenvalue weighted by molar-refractivity contribution is 6.25. The molecule has 0 spiro atoms. The molecule has 0 saturated heterocycles. The number of carbonyl (C=O) groups is 4. The number of esters is 1. The number of nitrogens with one attached hydrogen (secondary N) is 4. The van der Waals surface area contributed by atoms with Gasteiger partial charge in [-0.25, -0.2) is 4.79 Å². The molecule has 1 aromatic heterocycles. The summed E-state index contributed by atoms with van der Waals surface area (Å²) in [6, 6.07) is 5.56. The summed E-state index contributed by atoms with van der Waals surface area (Å²) >= 11 is 0. The van der Waals surface area contributed by atoms with Crippen LogP contribution >= 0.6 is 0 Å². The second-order valence-corrected chi connectivity index (χ2v) is 8.96. The summed E-state index contributed by atoms with van der Waals surface area (Å²) in [5.41, 5.74) is 8.54. The zero-order chi connectivity index (χ0) is 27.4. The molecule has 4 N–H and O–H groups in total. The summed E-state index contributed by atoms with van der Waals surface area (Å²) in [4.78, 5) is 58.9. The summed E-state index contributed by atoms with van der Waals surface area (Å²) in [5.74, 6) is -2.01. The number of H-pyrrole nitrogens is 1. The van der Waals surface area contributed by atoms with Crippen molar-refractivity contribution in [3.63, 3.8) is 0 Å². The van der Waals surface area contributed by atoms with E-state index in [-0.39, 0.29) is 31.7 Å². The van der Waals surface area contributed by atoms with Crippen LogP contribution in [0.15, 0.2) is 30.5 Å². The molecule has 1 aromatic carbocycles. The smallest absolute Gasteiger partial charge is 0.372 e. The van der Waals surface area contributed by atoms with Crippen LogP contribution < -0.4 is 10.6 Å². The van der Waals surface area contributed by atoms with E-state index in [0.717, 1.165) is 22.7 Å². The average Bonchev–Trinajstić information content (AvgIpc) is 3.27. The van der Waals surface area contributed by atoms with Gasteiger partial charge in [-0.1, -0.05) is 32.0 Å². The van der Waals surface area contributed by atoms with Gasteiger partial charge in [0.05, 0.1) is 23.0 Å². The molecule has 0 fully saturated rings. The Bertz CT molecular complexity index is 1130. The molecule has 0 aliphatic carbocycles. The Labute approximate surface area is 216 Å². The minimum atomic E-state index is -1.11. The molecular weight excluding hydrogens is 476 g/mol. The molecule has 1 heterocycles. The molecule has 2 atom stereocenters. The molecule has 2 amide bonds. The van der Waals surface area contributed by atoms with Crippen molar-refractivity contribution < 1.29 is 28.7 Å². The van der Waals surface area contributed by atoms with E-state index in [1.807, 2.05) is 43.0 Å². The zero-order valence-electron chi connectivity index (χ0n) is 21.9. The number of fused-ring (bicyclic) bond motifs is 1. The van der Waals surface area contributed by atoms with Crippen LogP contribution in [0, 0.1) is 5.53 Å². The fourth-order valence-electron chi connectivity index (χ4n) is 3.88. The predicted molar refractivity (Wildman–Crippen MR) is 138 cm³/mol. The van der Waals surface area contributed by atoms with E-state index in [0.29, 0.717) is 13.1 Å². The van der Waals surface area contributed by atoms with Crippen molar-refractivity contribution in [3.05, 3.63) is 36.0 Å². The van der Waals surface area contributed by atoms with Crippen molar-refractivity contribution in [3.8, 4) is 0 Å². The van der Waals surface area contributed by atoms with Gasteiger partial charge in [-0.05, 0) is 45.0 Å². The van der Waals surface area contributed by atoms with Crippen molar-refractivity contribution in [1.82, 2.24) is 20.5 Å². The maximum Gasteiger partial charge on any atom is 0.372 e. The van der Waals surface area contributed by atoms with Gasteiger partial charge < -0.3 is 20.4 Å². The van der Waals surface area contributed by atoms with Crippen molar-refractivity contribution in [2.45, 2.75) is 65.1 Å². The molecule has 0 aliphatic heterocycles. The first-order chi connectivity index (χ1) is 17.7. The Morgan fingerprint density at radius 3 is 2.46 bits per heavy atom. The third kappa shape index (κ3) is 9.29. The summed E-state index contributed by atoms with van der Waals surface area (Å²) in [7, 11) is 0. The summed E-state index contributed by atoms with van der Waals surface area (Å²) in [5, 5.41) is 6.41. The Morgan fingerprint density at radius 1 is 1.11 bits per heavy atom. The third-order valence-electron chi connectivity index (χ3n) is 5.85. The van der Waals surface area contributed by atoms with E-state index in [1.54, 1.807) is 20.0 Å². The number of amides is 2. The Balaban J connectivity index is 2.27. The number of benzene rings is 1. The van der Waals surface area contributed by atoms with E-state index in [9.17, 15) is 19.2 Å². The number of aromatic nitrogens is 1. The lowest BCUT2D eigenvalue weighted by Crippen LogP contribution is -2.54. The molecule has 0 aliphatic rings. The first-order valence-electron chi connectivity index (χ1n) is 12.5. The second-order valence-electron chi connectivity index (χ2n) is 8.96. The summed E-state index contributed by atoms with van der Waals surface area (Å²) in [6.07, 6.45) is 2.27. The molecule has 0 radical (unpaired) electrons. The zero-order valence-corrected chi connectivity index (χ0v) is 21.9. The number of hydrogen-bond acceptors (Lipinski definition) is 7. The number of rotatable bonds is 15. The number of Topliss-reactive ketones (excluding diaryl/α,β-unsaturated/α-hetero) is 1. The van der Waals surface area contributed by atoms with E-state index >= 15 is 0 Å². The second kappa shape index (κ2) is 14.7. The minimum absolute atomic E-state index is 0.0324. The fourth-order valence-corrected chi connectivity index (χ4v) is 3.88. The van der Waals surface area contributed by atoms with Gasteiger partial charge in [-0.3, -0.25) is 19.3 Å². The molecule has 0 bridgehead atoms. The molecule has 2 aromatic rings. The minimum Gasteiger partial charge on any atom is -0.461 e. The van der Waals surface area contributed by atoms with Crippen molar-refractivity contribution >= 4 is 40.7 Å². The van der Waals surface area contributed by atoms with Gasteiger partial charge in [0.1, 0.15) is 12.1 Å². The first kappa shape index (κ1) is 29.4. The molecule has 0 saturated carbocycles. The summed E-state index contributed by atoms with van der Waals surface area (Å²) < 4.78 is 5.28. The van der Waals surface area contributed by atoms with Gasteiger partial charge in [0.25, 0.3) is 0 Å². The van der Waals surface area contributed by atoms with Crippen LogP contribution in [-0.4, -0.2) is 82.3 Å². The molecule has 11 nitrogen and oxygen atoms in total. The maximum absolute atomic E-state index is 13.4. The van der Waals surface area contributed by atoms with Crippen molar-refractivity contribution in [2.24, 2.45) is 0 Å². The number of para-hydroxylation sites is 1. The number of aromatic amines is 1. The van der Waals surface area contributed by atoms with Crippen LogP contribution in [0.5, 0.6) is 0 Å². The largest absolute Gasteiger partial charge is 0.461 e. The van der Waals surface area contributed by atoms with E-state index in [4.69, 9.17) is 10.3 Å². The van der Waals surface area contributed by atoms with E-state index in [1.165, 1.54) is 0 Å². The summed E-state index contributed by atoms with van der Waals surface area (Å²) in [6.45, 7) is 8.76. The van der Waals surface area contributed by atoms with Gasteiger partial charge in [0, 0.05) is 29.9 Å². The van der Waals surface area contributed by atoms with E-state index < -0.39 is 35.8 Å². The lowest BCUT2D eigenvalue weighted by molar-refractivity contribution is -0.152. The molecular formula is C26H37N6O5+. The normalized spacial score (nSPS) is 12.6. The standard InChI is InChI=1S/C26H36N6O5/c1-5-32(6-2)16-24(34)30-23(13-18-14-28-21-10-8-7-9-20(18)21)25(35)31-22(26(36)37-17(3)4)12-11-19(33)15-29-27/h7-10,14-15,17,22-23,27-28H,5-6,11-13,16H2,1-4H3,(H-,30,31,34,35)/p+1/t22-,23-/m0/s1. The monoisotopic (exact) mass is 513 g/mol. The van der Waals surface area contributed by atoms with Crippen LogP contribution in [-0.2, 0) is 30.3 Å². The molecule has 2 rings (SSSR count). The third-order valence-corrected chi connectivity index (χ3v) is 5.85. The predicted octanol–water partition coefficient (Wildman–Crippen LogP) is 1.63. The van der Waals surface area contributed by atoms with Crippen LogP contribution in [0.1, 0.15) is 46.1 Å². The SMILES string of the molecule is CCN(CC)CC(=O)N[C@@H](Cc1c[nH]c2ccccc12)C(=O)N[C@@H](CCC(=O)C=[N+]=N)C(=O)OC(C)C.